The van der Waals surface area contributed by atoms with Gasteiger partial charge in [0.1, 0.15) is 5.15 Å². The molecule has 4 nitrogen and oxygen atoms in total. The minimum absolute atomic E-state index is 0.132. The second kappa shape index (κ2) is 4.28. The second-order valence-electron chi connectivity index (χ2n) is 2.92. The molecule has 0 aromatic carbocycles. The van der Waals surface area contributed by atoms with Gasteiger partial charge in [0.05, 0.1) is 7.11 Å². The maximum absolute atomic E-state index is 11.5. The fourth-order valence-electron chi connectivity index (χ4n) is 0.959. The van der Waals surface area contributed by atoms with E-state index in [1.807, 2.05) is 0 Å². The monoisotopic (exact) mass is 214 g/mol. The average molecular weight is 215 g/mol. The quantitative estimate of drug-likeness (QED) is 0.700. The summed E-state index contributed by atoms with van der Waals surface area (Å²) in [6.07, 6.45) is 0. The number of halogens is 1. The summed E-state index contributed by atoms with van der Waals surface area (Å²) in [5, 5.41) is 0.245. The van der Waals surface area contributed by atoms with Gasteiger partial charge in [0.2, 0.25) is 5.88 Å². The van der Waals surface area contributed by atoms with Gasteiger partial charge in [-0.2, -0.15) is 0 Å². The van der Waals surface area contributed by atoms with Gasteiger partial charge in [-0.1, -0.05) is 11.6 Å². The molecule has 0 N–H and O–H groups in total. The number of nitrogens with zero attached hydrogens (tertiary/aromatic N) is 2. The highest BCUT2D eigenvalue weighted by atomic mass is 35.5. The molecule has 0 saturated carbocycles. The van der Waals surface area contributed by atoms with Crippen molar-refractivity contribution >= 4 is 17.5 Å². The summed E-state index contributed by atoms with van der Waals surface area (Å²) >= 11 is 5.72. The van der Waals surface area contributed by atoms with E-state index >= 15 is 0 Å². The molecule has 0 atom stereocenters. The molecule has 0 saturated heterocycles. The first-order chi connectivity index (χ1) is 6.54. The first-order valence-corrected chi connectivity index (χ1v) is 4.35. The van der Waals surface area contributed by atoms with Crippen molar-refractivity contribution in [1.82, 2.24) is 9.88 Å². The number of pyridine rings is 1. The van der Waals surface area contributed by atoms with Gasteiger partial charge in [-0.3, -0.25) is 4.79 Å². The predicted molar refractivity (Wildman–Crippen MR) is 53.8 cm³/mol. The number of ether oxygens (including phenoxy) is 1. The Balaban J connectivity index is 3.09. The topological polar surface area (TPSA) is 42.4 Å². The molecule has 0 radical (unpaired) electrons. The van der Waals surface area contributed by atoms with Gasteiger partial charge >= 0.3 is 0 Å². The van der Waals surface area contributed by atoms with Crippen LogP contribution in [0.15, 0.2) is 12.1 Å². The van der Waals surface area contributed by atoms with Crippen LogP contribution in [0.4, 0.5) is 0 Å². The van der Waals surface area contributed by atoms with Crippen LogP contribution in [0.5, 0.6) is 5.88 Å². The third-order valence-corrected chi connectivity index (χ3v) is 1.83. The smallest absolute Gasteiger partial charge is 0.253 e. The lowest BCUT2D eigenvalue weighted by Crippen LogP contribution is -2.21. The lowest BCUT2D eigenvalue weighted by Gasteiger charge is -2.10. The highest BCUT2D eigenvalue weighted by Gasteiger charge is 2.10. The van der Waals surface area contributed by atoms with Crippen LogP contribution in [0.3, 0.4) is 0 Å². The maximum Gasteiger partial charge on any atom is 0.253 e. The summed E-state index contributed by atoms with van der Waals surface area (Å²) in [6.45, 7) is 0. The van der Waals surface area contributed by atoms with Crippen LogP contribution in [0, 0.1) is 0 Å². The zero-order chi connectivity index (χ0) is 10.7. The van der Waals surface area contributed by atoms with Crippen molar-refractivity contribution < 1.29 is 9.53 Å². The SMILES string of the molecule is COc1cc(C(=O)N(C)C)cc(Cl)n1. The van der Waals surface area contributed by atoms with Gasteiger partial charge in [-0.05, 0) is 6.07 Å². The molecule has 0 aliphatic carbocycles. The minimum atomic E-state index is -0.132. The summed E-state index contributed by atoms with van der Waals surface area (Å²) in [5.41, 5.74) is 0.465. The second-order valence-corrected chi connectivity index (χ2v) is 3.31. The number of carbonyl (C=O) groups is 1. The zero-order valence-electron chi connectivity index (χ0n) is 8.24. The van der Waals surface area contributed by atoms with Crippen LogP contribution in [0.1, 0.15) is 10.4 Å². The van der Waals surface area contributed by atoms with Gasteiger partial charge in [0, 0.05) is 25.7 Å². The summed E-state index contributed by atoms with van der Waals surface area (Å²) in [6, 6.07) is 3.06. The van der Waals surface area contributed by atoms with Crippen molar-refractivity contribution in [2.45, 2.75) is 0 Å². The van der Waals surface area contributed by atoms with Gasteiger partial charge in [0.15, 0.2) is 0 Å². The number of hydrogen-bond acceptors (Lipinski definition) is 3. The summed E-state index contributed by atoms with van der Waals surface area (Å²) in [4.78, 5) is 16.9. The van der Waals surface area contributed by atoms with Crippen molar-refractivity contribution in [2.24, 2.45) is 0 Å². The summed E-state index contributed by atoms with van der Waals surface area (Å²) in [7, 11) is 4.81. The van der Waals surface area contributed by atoms with E-state index in [4.69, 9.17) is 16.3 Å². The van der Waals surface area contributed by atoms with Crippen LogP contribution in [0.2, 0.25) is 5.15 Å². The van der Waals surface area contributed by atoms with Crippen LogP contribution in [0.25, 0.3) is 0 Å². The number of aromatic nitrogens is 1. The van der Waals surface area contributed by atoms with Gasteiger partial charge in [-0.25, -0.2) is 4.98 Å². The van der Waals surface area contributed by atoms with E-state index in [1.54, 1.807) is 20.2 Å². The van der Waals surface area contributed by atoms with E-state index in [2.05, 4.69) is 4.98 Å². The van der Waals surface area contributed by atoms with Gasteiger partial charge in [0.25, 0.3) is 5.91 Å². The van der Waals surface area contributed by atoms with E-state index in [-0.39, 0.29) is 11.1 Å². The zero-order valence-corrected chi connectivity index (χ0v) is 9.00. The van der Waals surface area contributed by atoms with E-state index in [0.29, 0.717) is 11.4 Å². The highest BCUT2D eigenvalue weighted by Crippen LogP contribution is 2.16. The first-order valence-electron chi connectivity index (χ1n) is 3.98. The standard InChI is InChI=1S/C9H11ClN2O2/c1-12(2)9(13)6-4-7(10)11-8(5-6)14-3/h4-5H,1-3H3. The van der Waals surface area contributed by atoms with Crippen molar-refractivity contribution in [3.8, 4) is 5.88 Å². The Hall–Kier alpha value is -1.29. The Morgan fingerprint density at radius 3 is 2.64 bits per heavy atom. The average Bonchev–Trinajstić information content (AvgIpc) is 2.15. The Morgan fingerprint density at radius 2 is 2.14 bits per heavy atom. The molecular weight excluding hydrogens is 204 g/mol. The van der Waals surface area contributed by atoms with Crippen LogP contribution >= 0.6 is 11.6 Å². The predicted octanol–water partition coefficient (Wildman–Crippen LogP) is 1.45. The maximum atomic E-state index is 11.5. The first kappa shape index (κ1) is 10.8. The molecule has 1 aromatic heterocycles. The molecule has 0 spiro atoms. The molecule has 0 aliphatic heterocycles. The van der Waals surface area contributed by atoms with Crippen molar-refractivity contribution in [1.29, 1.82) is 0 Å². The molecule has 0 unspecified atom stereocenters. The lowest BCUT2D eigenvalue weighted by atomic mass is 10.2. The Bertz CT molecular complexity index is 353. The molecule has 0 fully saturated rings. The largest absolute Gasteiger partial charge is 0.481 e. The van der Waals surface area contributed by atoms with Gasteiger partial charge in [-0.15, -0.1) is 0 Å². The number of hydrogen-bond donors (Lipinski definition) is 0. The van der Waals surface area contributed by atoms with Gasteiger partial charge < -0.3 is 9.64 Å². The third-order valence-electron chi connectivity index (χ3n) is 1.63. The molecule has 14 heavy (non-hydrogen) atoms. The van der Waals surface area contributed by atoms with Crippen molar-refractivity contribution in [3.63, 3.8) is 0 Å². The minimum Gasteiger partial charge on any atom is -0.481 e. The molecule has 0 aliphatic rings. The van der Waals surface area contributed by atoms with Crippen molar-refractivity contribution in [2.75, 3.05) is 21.2 Å². The van der Waals surface area contributed by atoms with E-state index in [9.17, 15) is 4.79 Å². The van der Waals surface area contributed by atoms with E-state index in [1.165, 1.54) is 18.1 Å². The third kappa shape index (κ3) is 2.35. The van der Waals surface area contributed by atoms with E-state index < -0.39 is 0 Å². The van der Waals surface area contributed by atoms with Crippen LogP contribution in [-0.4, -0.2) is 37.0 Å². The summed E-state index contributed by atoms with van der Waals surface area (Å²) < 4.78 is 4.90. The molecule has 1 rings (SSSR count). The van der Waals surface area contributed by atoms with Crippen molar-refractivity contribution in [3.05, 3.63) is 22.8 Å². The Labute approximate surface area is 87.4 Å². The van der Waals surface area contributed by atoms with Crippen LogP contribution in [-0.2, 0) is 0 Å². The summed E-state index contributed by atoms with van der Waals surface area (Å²) in [5.74, 6) is 0.204. The number of methoxy groups -OCH3 is 1. The number of amides is 1. The Morgan fingerprint density at radius 1 is 1.50 bits per heavy atom. The molecule has 1 aromatic rings. The molecule has 1 heterocycles. The number of rotatable bonds is 2. The van der Waals surface area contributed by atoms with Crippen LogP contribution < -0.4 is 4.74 Å². The molecular formula is C9H11ClN2O2. The Kier molecular flexibility index (Phi) is 3.30. The fourth-order valence-corrected chi connectivity index (χ4v) is 1.16. The highest BCUT2D eigenvalue weighted by molar-refractivity contribution is 6.29. The fraction of sp³-hybridized carbons (Fsp3) is 0.333. The lowest BCUT2D eigenvalue weighted by molar-refractivity contribution is 0.0827. The molecule has 1 amide bonds. The number of carbonyl (C=O) groups excluding carboxylic acids is 1. The van der Waals surface area contributed by atoms with E-state index in [0.717, 1.165) is 0 Å². The molecule has 5 heteroatoms. The normalized spacial score (nSPS) is 9.71. The molecule has 0 bridgehead atoms. The molecule has 76 valence electrons.